The maximum atomic E-state index is 12.6. The number of aryl methyl sites for hydroxylation is 2. The predicted molar refractivity (Wildman–Crippen MR) is 120 cm³/mol. The van der Waals surface area contributed by atoms with Crippen LogP contribution in [0.4, 0.5) is 0 Å². The minimum Gasteiger partial charge on any atom is -0.352 e. The number of pyridine rings is 1. The Hall–Kier alpha value is -2.94. The van der Waals surface area contributed by atoms with Crippen molar-refractivity contribution in [2.75, 3.05) is 6.54 Å². The summed E-state index contributed by atoms with van der Waals surface area (Å²) in [5.41, 5.74) is 5.69. The van der Waals surface area contributed by atoms with E-state index in [0.29, 0.717) is 6.54 Å². The fourth-order valence-electron chi connectivity index (χ4n) is 3.51. The molecule has 0 aliphatic heterocycles. The van der Waals surface area contributed by atoms with E-state index >= 15 is 0 Å². The lowest BCUT2D eigenvalue weighted by Gasteiger charge is -2.12. The van der Waals surface area contributed by atoms with Gasteiger partial charge in [-0.05, 0) is 72.6 Å². The van der Waals surface area contributed by atoms with E-state index in [4.69, 9.17) is 0 Å². The Labute approximate surface area is 174 Å². The van der Waals surface area contributed by atoms with Crippen molar-refractivity contribution in [1.29, 1.82) is 0 Å². The van der Waals surface area contributed by atoms with Crippen LogP contribution in [0.25, 0.3) is 11.1 Å². The highest BCUT2D eigenvalue weighted by Crippen LogP contribution is 2.26. The molecule has 0 aliphatic carbocycles. The molecule has 0 unspecified atom stereocenters. The van der Waals surface area contributed by atoms with Crippen LogP contribution in [0.1, 0.15) is 54.1 Å². The van der Waals surface area contributed by atoms with Crippen LogP contribution in [0, 0.1) is 0 Å². The smallest absolute Gasteiger partial charge is 0.251 e. The number of aromatic nitrogens is 1. The van der Waals surface area contributed by atoms with E-state index in [1.807, 2.05) is 24.4 Å². The molecule has 29 heavy (non-hydrogen) atoms. The second-order valence-electron chi connectivity index (χ2n) is 7.42. The molecule has 0 saturated heterocycles. The van der Waals surface area contributed by atoms with Crippen molar-refractivity contribution in [3.05, 3.63) is 89.7 Å². The first kappa shape index (κ1) is 20.8. The van der Waals surface area contributed by atoms with E-state index in [0.717, 1.165) is 44.1 Å². The fourth-order valence-corrected chi connectivity index (χ4v) is 3.51. The quantitative estimate of drug-likeness (QED) is 0.445. The molecule has 0 saturated carbocycles. The van der Waals surface area contributed by atoms with Gasteiger partial charge in [0.05, 0.1) is 0 Å². The molecule has 0 bridgehead atoms. The topological polar surface area (TPSA) is 42.0 Å². The molecule has 1 N–H and O–H groups in total. The lowest BCUT2D eigenvalue weighted by Crippen LogP contribution is -2.24. The Morgan fingerprint density at radius 1 is 0.931 bits per heavy atom. The third-order valence-corrected chi connectivity index (χ3v) is 5.15. The minimum absolute atomic E-state index is 0.0173. The highest BCUT2D eigenvalue weighted by Gasteiger charge is 2.10. The van der Waals surface area contributed by atoms with Crippen molar-refractivity contribution in [3.63, 3.8) is 0 Å². The van der Waals surface area contributed by atoms with Gasteiger partial charge in [-0.15, -0.1) is 0 Å². The van der Waals surface area contributed by atoms with Crippen LogP contribution >= 0.6 is 0 Å². The second-order valence-corrected chi connectivity index (χ2v) is 7.42. The van der Waals surface area contributed by atoms with E-state index in [2.05, 4.69) is 59.7 Å². The summed E-state index contributed by atoms with van der Waals surface area (Å²) in [7, 11) is 0. The first-order valence-corrected chi connectivity index (χ1v) is 10.6. The maximum absolute atomic E-state index is 12.6. The number of amides is 1. The molecule has 3 aromatic rings. The highest BCUT2D eigenvalue weighted by molar-refractivity contribution is 5.95. The lowest BCUT2D eigenvalue weighted by molar-refractivity contribution is 0.0953. The summed E-state index contributed by atoms with van der Waals surface area (Å²) >= 11 is 0. The molecule has 1 aromatic heterocycles. The molecule has 1 amide bonds. The molecule has 0 fully saturated rings. The van der Waals surface area contributed by atoms with Crippen LogP contribution < -0.4 is 5.32 Å². The molecule has 0 spiro atoms. The van der Waals surface area contributed by atoms with Gasteiger partial charge in [-0.1, -0.05) is 55.8 Å². The molecule has 0 atom stereocenters. The van der Waals surface area contributed by atoms with E-state index in [1.165, 1.54) is 22.3 Å². The van der Waals surface area contributed by atoms with Crippen molar-refractivity contribution in [1.82, 2.24) is 10.3 Å². The summed E-state index contributed by atoms with van der Waals surface area (Å²) in [5, 5.41) is 3.07. The first-order valence-electron chi connectivity index (χ1n) is 10.6. The van der Waals surface area contributed by atoms with Crippen LogP contribution in [0.2, 0.25) is 0 Å². The number of benzene rings is 2. The van der Waals surface area contributed by atoms with Gasteiger partial charge < -0.3 is 5.32 Å². The molecule has 3 nitrogen and oxygen atoms in total. The summed E-state index contributed by atoms with van der Waals surface area (Å²) in [6.07, 6.45) is 9.96. The van der Waals surface area contributed by atoms with Gasteiger partial charge in [0.15, 0.2) is 0 Å². The zero-order valence-electron chi connectivity index (χ0n) is 17.2. The molecule has 2 aromatic carbocycles. The van der Waals surface area contributed by atoms with Gasteiger partial charge in [-0.3, -0.25) is 9.78 Å². The summed E-state index contributed by atoms with van der Waals surface area (Å²) < 4.78 is 0. The Kier molecular flexibility index (Phi) is 8.00. The number of nitrogens with one attached hydrogen (secondary N) is 1. The third kappa shape index (κ3) is 6.28. The van der Waals surface area contributed by atoms with Crippen molar-refractivity contribution in [2.24, 2.45) is 0 Å². The Balaban J connectivity index is 1.58. The monoisotopic (exact) mass is 386 g/mol. The summed E-state index contributed by atoms with van der Waals surface area (Å²) in [4.78, 5) is 16.8. The van der Waals surface area contributed by atoms with Crippen molar-refractivity contribution < 1.29 is 4.79 Å². The molecular formula is C26H30N2O. The van der Waals surface area contributed by atoms with E-state index < -0.39 is 0 Å². The van der Waals surface area contributed by atoms with Crippen LogP contribution in [0.15, 0.2) is 73.1 Å². The number of hydrogen-bond donors (Lipinski definition) is 1. The largest absolute Gasteiger partial charge is 0.352 e. The zero-order valence-corrected chi connectivity index (χ0v) is 17.2. The van der Waals surface area contributed by atoms with Crippen molar-refractivity contribution in [2.45, 2.75) is 45.4 Å². The molecule has 3 heteroatoms. The zero-order chi connectivity index (χ0) is 20.3. The van der Waals surface area contributed by atoms with Gasteiger partial charge in [-0.2, -0.15) is 0 Å². The number of unbranched alkanes of at least 4 members (excludes halogenated alkanes) is 2. The van der Waals surface area contributed by atoms with Gasteiger partial charge in [0.1, 0.15) is 0 Å². The molecule has 0 radical (unpaired) electrons. The lowest BCUT2D eigenvalue weighted by atomic mass is 9.94. The standard InChI is InChI=1S/C26H30N2O/c1-2-3-12-23-19-24(15-16-25(23)22-13-5-4-6-14-22)26(29)28-18-8-7-10-21-11-9-17-27-20-21/h4-6,9,11,13-17,19-20H,2-3,7-8,10,12,18H2,1H3,(H,28,29). The number of rotatable bonds is 10. The fraction of sp³-hybridized carbons (Fsp3) is 0.308. The Morgan fingerprint density at radius 2 is 1.79 bits per heavy atom. The van der Waals surface area contributed by atoms with Gasteiger partial charge >= 0.3 is 0 Å². The number of nitrogens with zero attached hydrogens (tertiary/aromatic N) is 1. The van der Waals surface area contributed by atoms with Crippen LogP contribution in [0.5, 0.6) is 0 Å². The van der Waals surface area contributed by atoms with Gasteiger partial charge in [-0.25, -0.2) is 0 Å². The molecular weight excluding hydrogens is 356 g/mol. The van der Waals surface area contributed by atoms with Gasteiger partial charge in [0.25, 0.3) is 5.91 Å². The van der Waals surface area contributed by atoms with Gasteiger partial charge in [0, 0.05) is 24.5 Å². The predicted octanol–water partition coefficient (Wildman–Crippen LogP) is 5.84. The summed E-state index contributed by atoms with van der Waals surface area (Å²) in [5.74, 6) is 0.0173. The van der Waals surface area contributed by atoms with Crippen LogP contribution in [-0.4, -0.2) is 17.4 Å². The SMILES string of the molecule is CCCCc1cc(C(=O)NCCCCc2cccnc2)ccc1-c1ccccc1. The summed E-state index contributed by atoms with van der Waals surface area (Å²) in [6.45, 7) is 2.90. The average molecular weight is 387 g/mol. The molecule has 3 rings (SSSR count). The molecule has 0 aliphatic rings. The Bertz CT molecular complexity index is 891. The number of hydrogen-bond acceptors (Lipinski definition) is 2. The average Bonchev–Trinajstić information content (AvgIpc) is 2.78. The highest BCUT2D eigenvalue weighted by atomic mass is 16.1. The van der Waals surface area contributed by atoms with E-state index in [1.54, 1.807) is 6.20 Å². The van der Waals surface area contributed by atoms with Crippen molar-refractivity contribution >= 4 is 5.91 Å². The van der Waals surface area contributed by atoms with E-state index in [-0.39, 0.29) is 5.91 Å². The van der Waals surface area contributed by atoms with Crippen LogP contribution in [0.3, 0.4) is 0 Å². The third-order valence-electron chi connectivity index (χ3n) is 5.15. The van der Waals surface area contributed by atoms with Crippen molar-refractivity contribution in [3.8, 4) is 11.1 Å². The maximum Gasteiger partial charge on any atom is 0.251 e. The normalized spacial score (nSPS) is 10.7. The molecule has 150 valence electrons. The van der Waals surface area contributed by atoms with E-state index in [9.17, 15) is 4.79 Å². The molecule has 1 heterocycles. The number of carbonyl (C=O) groups is 1. The van der Waals surface area contributed by atoms with Gasteiger partial charge in [0.2, 0.25) is 0 Å². The van der Waals surface area contributed by atoms with Crippen LogP contribution in [-0.2, 0) is 12.8 Å². The second kappa shape index (κ2) is 11.2. The number of carbonyl (C=O) groups excluding carboxylic acids is 1. The summed E-state index contributed by atoms with van der Waals surface area (Å²) in [6, 6.07) is 20.6. The first-order chi connectivity index (χ1) is 14.3. The Morgan fingerprint density at radius 3 is 2.55 bits per heavy atom. The minimum atomic E-state index is 0.0173.